The number of hydrogen-bond acceptors (Lipinski definition) is 5. The van der Waals surface area contributed by atoms with Crippen molar-refractivity contribution in [1.29, 1.82) is 0 Å². The van der Waals surface area contributed by atoms with Crippen LogP contribution in [0.1, 0.15) is 26.2 Å². The number of nitrogens with zero attached hydrogens (tertiary/aromatic N) is 3. The predicted molar refractivity (Wildman–Crippen MR) is 116 cm³/mol. The second-order valence-electron chi connectivity index (χ2n) is 6.44. The van der Waals surface area contributed by atoms with Gasteiger partial charge in [0.2, 0.25) is 10.0 Å². The average molecular weight is 517 g/mol. The second kappa shape index (κ2) is 12.0. The number of halogens is 1. The van der Waals surface area contributed by atoms with Crippen LogP contribution in [0.2, 0.25) is 0 Å². The molecular formula is C16H32IN5O4S. The molecule has 11 heteroatoms. The standard InChI is InChI=1S/C16H31N5O4S.HI/c1-3-26(23,24)19-8-5-7-18-16(17-2)21-11-9-20(10-12-21)15(22)14-6-4-13-25-14;/h14,19H,3-13H2,1-2H3,(H,17,18);1H. The summed E-state index contributed by atoms with van der Waals surface area (Å²) in [5.74, 6) is 0.984. The Morgan fingerprint density at radius 3 is 2.41 bits per heavy atom. The van der Waals surface area contributed by atoms with E-state index in [0.717, 1.165) is 31.9 Å². The topological polar surface area (TPSA) is 103 Å². The van der Waals surface area contributed by atoms with Crippen LogP contribution >= 0.6 is 24.0 Å². The Bertz CT molecular complexity index is 588. The first-order valence-electron chi connectivity index (χ1n) is 9.30. The molecule has 9 nitrogen and oxygen atoms in total. The van der Waals surface area contributed by atoms with Crippen molar-refractivity contribution in [3.05, 3.63) is 0 Å². The summed E-state index contributed by atoms with van der Waals surface area (Å²) < 4.78 is 30.8. The van der Waals surface area contributed by atoms with E-state index in [9.17, 15) is 13.2 Å². The van der Waals surface area contributed by atoms with Crippen molar-refractivity contribution in [3.8, 4) is 0 Å². The molecular weight excluding hydrogens is 485 g/mol. The van der Waals surface area contributed by atoms with E-state index in [1.807, 2.05) is 4.90 Å². The third-order valence-electron chi connectivity index (χ3n) is 4.65. The third kappa shape index (κ3) is 7.70. The number of aliphatic imine (C=N–C) groups is 1. The summed E-state index contributed by atoms with van der Waals surface area (Å²) in [4.78, 5) is 20.7. The number of guanidine groups is 1. The highest BCUT2D eigenvalue weighted by Gasteiger charge is 2.30. The number of rotatable bonds is 7. The number of amides is 1. The molecule has 0 bridgehead atoms. The summed E-state index contributed by atoms with van der Waals surface area (Å²) >= 11 is 0. The highest BCUT2D eigenvalue weighted by Crippen LogP contribution is 2.16. The van der Waals surface area contributed by atoms with Crippen LogP contribution in [0.5, 0.6) is 0 Å². The minimum absolute atomic E-state index is 0. The zero-order valence-corrected chi connectivity index (χ0v) is 19.3. The molecule has 2 aliphatic heterocycles. The molecule has 0 aliphatic carbocycles. The average Bonchev–Trinajstić information content (AvgIpc) is 3.19. The van der Waals surface area contributed by atoms with Crippen molar-refractivity contribution in [1.82, 2.24) is 19.8 Å². The van der Waals surface area contributed by atoms with Crippen molar-refractivity contribution < 1.29 is 17.9 Å². The number of piperazine rings is 1. The molecule has 1 atom stereocenters. The molecule has 0 aromatic rings. The summed E-state index contributed by atoms with van der Waals surface area (Å²) in [6.07, 6.45) is 2.20. The number of carbonyl (C=O) groups excluding carboxylic acids is 1. The molecule has 2 rings (SSSR count). The van der Waals surface area contributed by atoms with Gasteiger partial charge in [0.05, 0.1) is 5.75 Å². The summed E-state index contributed by atoms with van der Waals surface area (Å²) in [5.41, 5.74) is 0. The van der Waals surface area contributed by atoms with Crippen LogP contribution in [0.3, 0.4) is 0 Å². The third-order valence-corrected chi connectivity index (χ3v) is 6.05. The van der Waals surface area contributed by atoms with Crippen LogP contribution in [0.25, 0.3) is 0 Å². The molecule has 2 N–H and O–H groups in total. The first-order valence-corrected chi connectivity index (χ1v) is 11.0. The van der Waals surface area contributed by atoms with Gasteiger partial charge < -0.3 is 19.9 Å². The molecule has 0 radical (unpaired) electrons. The minimum atomic E-state index is -3.13. The molecule has 2 fully saturated rings. The Balaban J connectivity index is 0.00000364. The molecule has 0 saturated carbocycles. The highest BCUT2D eigenvalue weighted by atomic mass is 127. The van der Waals surface area contributed by atoms with Gasteiger partial charge in [-0.2, -0.15) is 0 Å². The van der Waals surface area contributed by atoms with Crippen LogP contribution in [0.4, 0.5) is 0 Å². The Kier molecular flexibility index (Phi) is 10.9. The predicted octanol–water partition coefficient (Wildman–Crippen LogP) is -0.168. The largest absolute Gasteiger partial charge is 0.368 e. The lowest BCUT2D eigenvalue weighted by Gasteiger charge is -2.37. The van der Waals surface area contributed by atoms with E-state index in [2.05, 4.69) is 19.9 Å². The number of hydrogen-bond donors (Lipinski definition) is 2. The zero-order chi connectivity index (χ0) is 19.0. The molecule has 27 heavy (non-hydrogen) atoms. The van der Waals surface area contributed by atoms with Crippen molar-refractivity contribution in [2.45, 2.75) is 32.3 Å². The molecule has 0 spiro atoms. The Morgan fingerprint density at radius 2 is 1.85 bits per heavy atom. The van der Waals surface area contributed by atoms with Gasteiger partial charge in [-0.15, -0.1) is 24.0 Å². The smallest absolute Gasteiger partial charge is 0.251 e. The molecule has 2 saturated heterocycles. The van der Waals surface area contributed by atoms with E-state index < -0.39 is 10.0 Å². The SMILES string of the molecule is CCS(=O)(=O)NCCCNC(=NC)N1CCN(C(=O)C2CCCO2)CC1.I. The monoisotopic (exact) mass is 517 g/mol. The van der Waals surface area contributed by atoms with Crippen LogP contribution in [-0.2, 0) is 19.6 Å². The van der Waals surface area contributed by atoms with E-state index in [1.165, 1.54) is 0 Å². The molecule has 0 aromatic carbocycles. The van der Waals surface area contributed by atoms with E-state index in [1.54, 1.807) is 14.0 Å². The van der Waals surface area contributed by atoms with Gasteiger partial charge in [-0.1, -0.05) is 0 Å². The van der Waals surface area contributed by atoms with Crippen molar-refractivity contribution in [2.24, 2.45) is 4.99 Å². The zero-order valence-electron chi connectivity index (χ0n) is 16.1. The fourth-order valence-corrected chi connectivity index (χ4v) is 3.72. The number of carbonyl (C=O) groups is 1. The van der Waals surface area contributed by atoms with Crippen molar-refractivity contribution in [3.63, 3.8) is 0 Å². The maximum atomic E-state index is 12.4. The summed E-state index contributed by atoms with van der Waals surface area (Å²) in [6.45, 7) is 6.11. The van der Waals surface area contributed by atoms with E-state index in [0.29, 0.717) is 39.2 Å². The van der Waals surface area contributed by atoms with Gasteiger partial charge in [-0.05, 0) is 26.2 Å². The Morgan fingerprint density at radius 1 is 1.19 bits per heavy atom. The van der Waals surface area contributed by atoms with Gasteiger partial charge in [-0.25, -0.2) is 13.1 Å². The van der Waals surface area contributed by atoms with Crippen LogP contribution < -0.4 is 10.0 Å². The van der Waals surface area contributed by atoms with Gasteiger partial charge in [-0.3, -0.25) is 9.79 Å². The minimum Gasteiger partial charge on any atom is -0.368 e. The van der Waals surface area contributed by atoms with Crippen LogP contribution in [-0.4, -0.2) is 94.9 Å². The first kappa shape index (κ1) is 24.4. The van der Waals surface area contributed by atoms with E-state index in [-0.39, 0.29) is 41.7 Å². The quantitative estimate of drug-likeness (QED) is 0.211. The maximum absolute atomic E-state index is 12.4. The lowest BCUT2D eigenvalue weighted by Crippen LogP contribution is -2.55. The van der Waals surface area contributed by atoms with Crippen molar-refractivity contribution >= 4 is 45.9 Å². The summed E-state index contributed by atoms with van der Waals surface area (Å²) in [6, 6.07) is 0. The normalized spacial score (nSPS) is 21.1. The second-order valence-corrected chi connectivity index (χ2v) is 8.53. The number of nitrogens with one attached hydrogen (secondary N) is 2. The molecule has 2 aliphatic rings. The maximum Gasteiger partial charge on any atom is 0.251 e. The number of sulfonamides is 1. The summed E-state index contributed by atoms with van der Waals surface area (Å²) in [5, 5.41) is 3.26. The fraction of sp³-hybridized carbons (Fsp3) is 0.875. The Labute approximate surface area is 179 Å². The fourth-order valence-electron chi connectivity index (χ4n) is 3.07. The van der Waals surface area contributed by atoms with Gasteiger partial charge >= 0.3 is 0 Å². The molecule has 0 aromatic heterocycles. The van der Waals surface area contributed by atoms with Gasteiger partial charge in [0.15, 0.2) is 5.96 Å². The lowest BCUT2D eigenvalue weighted by atomic mass is 10.2. The first-order chi connectivity index (χ1) is 12.5. The number of ether oxygens (including phenoxy) is 1. The lowest BCUT2D eigenvalue weighted by molar-refractivity contribution is -0.142. The van der Waals surface area contributed by atoms with Gasteiger partial charge in [0, 0.05) is 52.9 Å². The molecule has 1 amide bonds. The molecule has 2 heterocycles. The summed E-state index contributed by atoms with van der Waals surface area (Å²) in [7, 11) is -1.41. The highest BCUT2D eigenvalue weighted by molar-refractivity contribution is 14.0. The molecule has 1 unspecified atom stereocenters. The van der Waals surface area contributed by atoms with Crippen LogP contribution in [0, 0.1) is 0 Å². The molecule has 158 valence electrons. The Hall–Kier alpha value is -0.660. The van der Waals surface area contributed by atoms with Crippen LogP contribution in [0.15, 0.2) is 4.99 Å². The van der Waals surface area contributed by atoms with E-state index in [4.69, 9.17) is 4.74 Å². The van der Waals surface area contributed by atoms with Crippen molar-refractivity contribution in [2.75, 3.05) is 58.7 Å². The van der Waals surface area contributed by atoms with Gasteiger partial charge in [0.25, 0.3) is 5.91 Å². The van der Waals surface area contributed by atoms with E-state index >= 15 is 0 Å². The van der Waals surface area contributed by atoms with Gasteiger partial charge in [0.1, 0.15) is 6.10 Å².